The van der Waals surface area contributed by atoms with Gasteiger partial charge in [-0.05, 0) is 54.7 Å². The zero-order valence-electron chi connectivity index (χ0n) is 21.0. The number of benzene rings is 2. The van der Waals surface area contributed by atoms with Gasteiger partial charge in [-0.1, -0.05) is 54.6 Å². The largest absolute Gasteiger partial charge is 0.481 e. The number of fused-ring (bicyclic) bond motifs is 3. The summed E-state index contributed by atoms with van der Waals surface area (Å²) < 4.78 is 7.39. The van der Waals surface area contributed by atoms with E-state index in [0.717, 1.165) is 57.5 Å². The third-order valence-corrected chi connectivity index (χ3v) is 7.62. The second kappa shape index (κ2) is 8.75. The van der Waals surface area contributed by atoms with Gasteiger partial charge in [0.25, 0.3) is 0 Å². The van der Waals surface area contributed by atoms with Crippen LogP contribution in [-0.4, -0.2) is 31.7 Å². The van der Waals surface area contributed by atoms with Crippen LogP contribution in [0.3, 0.4) is 0 Å². The molecule has 1 saturated carbocycles. The van der Waals surface area contributed by atoms with Gasteiger partial charge in [0.1, 0.15) is 0 Å². The van der Waals surface area contributed by atoms with Crippen molar-refractivity contribution in [3.05, 3.63) is 96.7 Å². The molecule has 186 valence electrons. The minimum Gasteiger partial charge on any atom is -0.481 e. The molecule has 0 saturated heterocycles. The van der Waals surface area contributed by atoms with Crippen molar-refractivity contribution in [1.29, 1.82) is 0 Å². The molecule has 38 heavy (non-hydrogen) atoms. The molecule has 0 radical (unpaired) electrons. The molecule has 0 unspecified atom stereocenters. The first-order valence-corrected chi connectivity index (χ1v) is 12.8. The lowest BCUT2D eigenvalue weighted by molar-refractivity contribution is 0.253. The van der Waals surface area contributed by atoms with Crippen molar-refractivity contribution in [3.63, 3.8) is 0 Å². The van der Waals surface area contributed by atoms with Crippen LogP contribution in [-0.2, 0) is 5.54 Å². The van der Waals surface area contributed by atoms with Crippen LogP contribution in [0.1, 0.15) is 24.8 Å². The van der Waals surface area contributed by atoms with Crippen molar-refractivity contribution >= 4 is 16.7 Å². The summed E-state index contributed by atoms with van der Waals surface area (Å²) in [6, 6.07) is 28.9. The third kappa shape index (κ3) is 3.63. The zero-order chi connectivity index (χ0) is 25.7. The van der Waals surface area contributed by atoms with Crippen molar-refractivity contribution in [3.8, 4) is 39.7 Å². The highest BCUT2D eigenvalue weighted by molar-refractivity contribution is 5.92. The molecule has 0 aliphatic heterocycles. The fraction of sp³-hybridized carbons (Fsp3) is 0.161. The number of nitrogens with zero attached hydrogens (tertiary/aromatic N) is 5. The van der Waals surface area contributed by atoms with E-state index in [2.05, 4.69) is 69.8 Å². The van der Waals surface area contributed by atoms with E-state index in [9.17, 15) is 0 Å². The number of hydrogen-bond acceptors (Lipinski definition) is 6. The number of aromatic nitrogens is 5. The number of rotatable bonds is 5. The summed E-state index contributed by atoms with van der Waals surface area (Å²) in [4.78, 5) is 9.44. The van der Waals surface area contributed by atoms with Crippen molar-refractivity contribution < 1.29 is 4.74 Å². The van der Waals surface area contributed by atoms with E-state index < -0.39 is 0 Å². The van der Waals surface area contributed by atoms with Crippen molar-refractivity contribution in [2.45, 2.75) is 24.8 Å². The Kier molecular flexibility index (Phi) is 5.19. The Bertz CT molecular complexity index is 1790. The molecular weight excluding hydrogens is 472 g/mol. The molecule has 2 aromatic carbocycles. The van der Waals surface area contributed by atoms with Gasteiger partial charge in [0.15, 0.2) is 11.5 Å². The van der Waals surface area contributed by atoms with Gasteiger partial charge in [-0.3, -0.25) is 4.40 Å². The first-order valence-electron chi connectivity index (χ1n) is 12.8. The Morgan fingerprint density at radius 2 is 1.66 bits per heavy atom. The highest BCUT2D eigenvalue weighted by atomic mass is 16.5. The SMILES string of the molecule is COc1cc(-c2nnc3ccc4nc(-c5ccc(C6(N)CCC6)cc5)c(-c5ccccc5)cc4n23)ccn1. The van der Waals surface area contributed by atoms with Gasteiger partial charge in [0.2, 0.25) is 5.88 Å². The molecule has 4 heterocycles. The summed E-state index contributed by atoms with van der Waals surface area (Å²) in [6.07, 6.45) is 4.98. The maximum absolute atomic E-state index is 6.59. The van der Waals surface area contributed by atoms with Crippen molar-refractivity contribution in [2.75, 3.05) is 7.11 Å². The van der Waals surface area contributed by atoms with Crippen LogP contribution in [0.4, 0.5) is 0 Å². The summed E-state index contributed by atoms with van der Waals surface area (Å²) >= 11 is 0. The van der Waals surface area contributed by atoms with E-state index in [0.29, 0.717) is 11.7 Å². The van der Waals surface area contributed by atoms with Crippen molar-refractivity contribution in [2.24, 2.45) is 5.73 Å². The van der Waals surface area contributed by atoms with Crippen LogP contribution < -0.4 is 10.5 Å². The molecule has 0 amide bonds. The van der Waals surface area contributed by atoms with Crippen LogP contribution in [0.5, 0.6) is 5.88 Å². The van der Waals surface area contributed by atoms with Gasteiger partial charge in [-0.2, -0.15) is 0 Å². The number of ether oxygens (including phenoxy) is 1. The van der Waals surface area contributed by atoms with Crippen LogP contribution in [0.25, 0.3) is 50.5 Å². The van der Waals surface area contributed by atoms with Crippen LogP contribution >= 0.6 is 0 Å². The van der Waals surface area contributed by atoms with E-state index in [1.165, 1.54) is 12.0 Å². The second-order valence-corrected chi connectivity index (χ2v) is 9.88. The summed E-state index contributed by atoms with van der Waals surface area (Å²) in [7, 11) is 1.60. The smallest absolute Gasteiger partial charge is 0.213 e. The second-order valence-electron chi connectivity index (χ2n) is 9.88. The van der Waals surface area contributed by atoms with E-state index in [1.807, 2.05) is 34.7 Å². The number of pyridine rings is 3. The molecule has 1 aliphatic rings. The van der Waals surface area contributed by atoms with Gasteiger partial charge in [-0.25, -0.2) is 9.97 Å². The van der Waals surface area contributed by atoms with Crippen molar-refractivity contribution in [1.82, 2.24) is 24.6 Å². The lowest BCUT2D eigenvalue weighted by atomic mass is 9.72. The van der Waals surface area contributed by atoms with Gasteiger partial charge in [0, 0.05) is 34.5 Å². The summed E-state index contributed by atoms with van der Waals surface area (Å²) in [5, 5.41) is 8.95. The van der Waals surface area contributed by atoms with E-state index in [4.69, 9.17) is 15.5 Å². The summed E-state index contributed by atoms with van der Waals surface area (Å²) in [6.45, 7) is 0. The zero-order valence-corrected chi connectivity index (χ0v) is 21.0. The fourth-order valence-corrected chi connectivity index (χ4v) is 5.33. The monoisotopic (exact) mass is 498 g/mol. The molecule has 6 aromatic rings. The standard InChI is InChI=1S/C31H26N6O/c1-38-28-18-22(14-17-33-28)30-36-35-27-13-12-25-26(37(27)30)19-24(20-6-3-2-4-7-20)29(34-25)21-8-10-23(11-9-21)31(32)15-5-16-31/h2-4,6-14,17-19H,5,15-16,32H2,1H3. The quantitative estimate of drug-likeness (QED) is 0.313. The lowest BCUT2D eigenvalue weighted by Crippen LogP contribution is -2.43. The predicted octanol–water partition coefficient (Wildman–Crippen LogP) is 6.02. The minimum absolute atomic E-state index is 0.191. The van der Waals surface area contributed by atoms with Crippen LogP contribution in [0.15, 0.2) is 91.1 Å². The maximum atomic E-state index is 6.59. The molecule has 7 rings (SSSR count). The average Bonchev–Trinajstić information content (AvgIpc) is 3.41. The first kappa shape index (κ1) is 22.6. The Morgan fingerprint density at radius 3 is 2.39 bits per heavy atom. The number of hydrogen-bond donors (Lipinski definition) is 1. The average molecular weight is 499 g/mol. The third-order valence-electron chi connectivity index (χ3n) is 7.62. The normalized spacial score (nSPS) is 14.5. The van der Waals surface area contributed by atoms with Gasteiger partial charge in [-0.15, -0.1) is 10.2 Å². The van der Waals surface area contributed by atoms with Crippen LogP contribution in [0.2, 0.25) is 0 Å². The van der Waals surface area contributed by atoms with Gasteiger partial charge in [0.05, 0.1) is 23.8 Å². The first-order chi connectivity index (χ1) is 18.6. The van der Waals surface area contributed by atoms with E-state index in [1.54, 1.807) is 13.3 Å². The highest BCUT2D eigenvalue weighted by Crippen LogP contribution is 2.40. The number of nitrogens with two attached hydrogens (primary N) is 1. The molecule has 1 aliphatic carbocycles. The summed E-state index contributed by atoms with van der Waals surface area (Å²) in [5.41, 5.74) is 15.1. The minimum atomic E-state index is -0.191. The molecule has 1 fully saturated rings. The Balaban J connectivity index is 1.45. The number of methoxy groups -OCH3 is 1. The molecule has 0 spiro atoms. The molecule has 7 heteroatoms. The van der Waals surface area contributed by atoms with Gasteiger partial charge < -0.3 is 10.5 Å². The van der Waals surface area contributed by atoms with E-state index >= 15 is 0 Å². The Morgan fingerprint density at radius 1 is 0.842 bits per heavy atom. The topological polar surface area (TPSA) is 91.2 Å². The maximum Gasteiger partial charge on any atom is 0.213 e. The molecule has 0 atom stereocenters. The van der Waals surface area contributed by atoms with Crippen LogP contribution in [0, 0.1) is 0 Å². The lowest BCUT2D eigenvalue weighted by Gasteiger charge is -2.38. The fourth-order valence-electron chi connectivity index (χ4n) is 5.33. The highest BCUT2D eigenvalue weighted by Gasteiger charge is 2.34. The Hall–Kier alpha value is -4.62. The molecular formula is C31H26N6O. The molecule has 2 N–H and O–H groups in total. The van der Waals surface area contributed by atoms with E-state index in [-0.39, 0.29) is 5.54 Å². The van der Waals surface area contributed by atoms with Gasteiger partial charge >= 0.3 is 0 Å². The molecule has 4 aromatic heterocycles. The predicted molar refractivity (Wildman–Crippen MR) is 149 cm³/mol. The molecule has 0 bridgehead atoms. The summed E-state index contributed by atoms with van der Waals surface area (Å²) in [5.74, 6) is 1.23. The Labute approximate surface area is 220 Å². The molecule has 7 nitrogen and oxygen atoms in total.